The molecule has 3 rings (SSSR count). The minimum atomic E-state index is 1.03. The molecule has 0 bridgehead atoms. The van der Waals surface area contributed by atoms with Crippen LogP contribution >= 0.6 is 0 Å². The molecule has 0 saturated heterocycles. The van der Waals surface area contributed by atoms with Crippen LogP contribution in [0, 0.1) is 0 Å². The second-order valence-electron chi connectivity index (χ2n) is 4.04. The average molecular weight is 271 g/mol. The Balaban J connectivity index is 2.59. The summed E-state index contributed by atoms with van der Waals surface area (Å²) in [4.78, 5) is 0. The minimum absolute atomic E-state index is 1.03. The Morgan fingerprint density at radius 1 is 1.00 bits per heavy atom. The Labute approximate surface area is 104 Å². The molecule has 1 atom stereocenters. The fourth-order valence-electron chi connectivity index (χ4n) is 2.41. The second-order valence-corrected chi connectivity index (χ2v) is 5.44. The maximum absolute atomic E-state index is 2.39. The zero-order valence-electron chi connectivity index (χ0n) is 9.27. The number of rotatable bonds is 1. The van der Waals surface area contributed by atoms with Crippen molar-refractivity contribution in [2.75, 3.05) is 0 Å². The van der Waals surface area contributed by atoms with Gasteiger partial charge in [-0.1, -0.05) is 0 Å². The number of hydrogen-bond acceptors (Lipinski definition) is 0. The van der Waals surface area contributed by atoms with Gasteiger partial charge in [0.05, 0.1) is 0 Å². The SMILES string of the molecule is CCn1c2ccccc2c2cc([AsH2])ccc21. The van der Waals surface area contributed by atoms with E-state index >= 15 is 0 Å². The third-order valence-electron chi connectivity index (χ3n) is 3.11. The molecule has 0 amide bonds. The van der Waals surface area contributed by atoms with E-state index in [1.807, 2.05) is 0 Å². The van der Waals surface area contributed by atoms with Crippen molar-refractivity contribution in [2.24, 2.45) is 0 Å². The Bertz CT molecular complexity index is 667. The molecular weight excluding hydrogens is 257 g/mol. The molecule has 0 spiro atoms. The van der Waals surface area contributed by atoms with Gasteiger partial charge in [-0.05, 0) is 0 Å². The van der Waals surface area contributed by atoms with Crippen molar-refractivity contribution in [3.05, 3.63) is 42.5 Å². The van der Waals surface area contributed by atoms with Crippen molar-refractivity contribution in [3.63, 3.8) is 0 Å². The second kappa shape index (κ2) is 3.68. The standard InChI is InChI=1S/C14H14AsN/c1-2-16-13-6-4-3-5-11(13)12-9-10(15)7-8-14(12)16/h3-9H,2,15H2,1H3. The van der Waals surface area contributed by atoms with Gasteiger partial charge in [-0.15, -0.1) is 0 Å². The molecule has 0 fully saturated rings. The van der Waals surface area contributed by atoms with Crippen molar-refractivity contribution >= 4 is 43.0 Å². The summed E-state index contributed by atoms with van der Waals surface area (Å²) < 4.78 is 3.77. The van der Waals surface area contributed by atoms with Gasteiger partial charge in [-0.3, -0.25) is 0 Å². The summed E-state index contributed by atoms with van der Waals surface area (Å²) in [5.41, 5.74) is 2.70. The van der Waals surface area contributed by atoms with E-state index in [1.165, 1.54) is 26.2 Å². The molecule has 0 saturated carbocycles. The van der Waals surface area contributed by atoms with Crippen LogP contribution in [0.5, 0.6) is 0 Å². The molecule has 0 aliphatic rings. The van der Waals surface area contributed by atoms with E-state index in [0.29, 0.717) is 0 Å². The average Bonchev–Trinajstić information content (AvgIpc) is 2.62. The predicted molar refractivity (Wildman–Crippen MR) is 73.3 cm³/mol. The van der Waals surface area contributed by atoms with E-state index in [9.17, 15) is 0 Å². The molecule has 0 radical (unpaired) electrons. The van der Waals surface area contributed by atoms with Crippen LogP contribution in [0.15, 0.2) is 42.5 Å². The van der Waals surface area contributed by atoms with Crippen LogP contribution in [-0.2, 0) is 6.54 Å². The Hall–Kier alpha value is -1.20. The van der Waals surface area contributed by atoms with E-state index in [-0.39, 0.29) is 0 Å². The van der Waals surface area contributed by atoms with Crippen LogP contribution in [0.2, 0.25) is 0 Å². The van der Waals surface area contributed by atoms with Gasteiger partial charge in [0, 0.05) is 0 Å². The van der Waals surface area contributed by atoms with Crippen molar-refractivity contribution in [1.82, 2.24) is 4.57 Å². The van der Waals surface area contributed by atoms with Crippen molar-refractivity contribution < 1.29 is 0 Å². The first kappa shape index (κ1) is 9.98. The number of aromatic nitrogens is 1. The molecule has 80 valence electrons. The molecule has 2 heteroatoms. The molecule has 1 aromatic heterocycles. The van der Waals surface area contributed by atoms with Gasteiger partial charge >= 0.3 is 104 Å². The van der Waals surface area contributed by atoms with E-state index in [2.05, 4.69) is 54.0 Å². The Kier molecular flexibility index (Phi) is 2.29. The van der Waals surface area contributed by atoms with Gasteiger partial charge in [-0.25, -0.2) is 0 Å². The Morgan fingerprint density at radius 3 is 2.56 bits per heavy atom. The number of benzene rings is 2. The summed E-state index contributed by atoms with van der Waals surface area (Å²) in [5, 5.41) is 2.76. The van der Waals surface area contributed by atoms with Crippen LogP contribution in [0.1, 0.15) is 6.92 Å². The first-order valence-corrected chi connectivity index (χ1v) is 6.79. The van der Waals surface area contributed by atoms with Gasteiger partial charge in [0.1, 0.15) is 0 Å². The monoisotopic (exact) mass is 271 g/mol. The molecular formula is C14H14AsN. The molecule has 2 aromatic carbocycles. The molecule has 0 N–H and O–H groups in total. The van der Waals surface area contributed by atoms with E-state index in [1.54, 1.807) is 16.9 Å². The fraction of sp³-hybridized carbons (Fsp3) is 0.143. The molecule has 0 aliphatic carbocycles. The molecule has 1 unspecified atom stereocenters. The van der Waals surface area contributed by atoms with Crippen molar-refractivity contribution in [3.8, 4) is 0 Å². The summed E-state index contributed by atoms with van der Waals surface area (Å²) in [5.74, 6) is 0. The van der Waals surface area contributed by atoms with Crippen LogP contribution in [0.4, 0.5) is 0 Å². The van der Waals surface area contributed by atoms with Crippen LogP contribution in [0.3, 0.4) is 0 Å². The quantitative estimate of drug-likeness (QED) is 0.597. The van der Waals surface area contributed by atoms with Gasteiger partial charge in [0.25, 0.3) is 0 Å². The van der Waals surface area contributed by atoms with Gasteiger partial charge in [0.2, 0.25) is 0 Å². The number of para-hydroxylation sites is 1. The van der Waals surface area contributed by atoms with Crippen LogP contribution < -0.4 is 4.35 Å². The zero-order valence-corrected chi connectivity index (χ0v) is 11.7. The first-order chi connectivity index (χ1) is 7.81. The molecule has 0 aliphatic heterocycles. The van der Waals surface area contributed by atoms with E-state index in [0.717, 1.165) is 6.54 Å². The third kappa shape index (κ3) is 1.32. The predicted octanol–water partition coefficient (Wildman–Crippen LogP) is 2.07. The number of nitrogens with zero attached hydrogens (tertiary/aromatic N) is 1. The molecule has 1 heterocycles. The first-order valence-electron chi connectivity index (χ1n) is 5.57. The topological polar surface area (TPSA) is 4.93 Å². The summed E-state index contributed by atoms with van der Waals surface area (Å²) in [6, 6.07) is 15.4. The van der Waals surface area contributed by atoms with Crippen molar-refractivity contribution in [2.45, 2.75) is 13.5 Å². The van der Waals surface area contributed by atoms with E-state index < -0.39 is 0 Å². The van der Waals surface area contributed by atoms with Crippen molar-refractivity contribution in [1.29, 1.82) is 0 Å². The van der Waals surface area contributed by atoms with Crippen LogP contribution in [-0.4, -0.2) is 21.4 Å². The third-order valence-corrected chi connectivity index (χ3v) is 3.87. The summed E-state index contributed by atoms with van der Waals surface area (Å²) in [6.07, 6.45) is 0. The normalized spacial score (nSPS) is 11.4. The summed E-state index contributed by atoms with van der Waals surface area (Å²) in [6.45, 7) is 3.23. The van der Waals surface area contributed by atoms with Gasteiger partial charge < -0.3 is 0 Å². The van der Waals surface area contributed by atoms with Gasteiger partial charge in [0.15, 0.2) is 0 Å². The number of aryl methyl sites for hydroxylation is 1. The number of fused-ring (bicyclic) bond motifs is 3. The fourth-order valence-corrected chi connectivity index (χ4v) is 2.96. The maximum atomic E-state index is 2.39. The summed E-state index contributed by atoms with van der Waals surface area (Å²) in [7, 11) is 0. The molecule has 1 nitrogen and oxygen atoms in total. The molecule has 3 aromatic rings. The zero-order chi connectivity index (χ0) is 11.1. The van der Waals surface area contributed by atoms with Crippen LogP contribution in [0.25, 0.3) is 21.8 Å². The van der Waals surface area contributed by atoms with E-state index in [4.69, 9.17) is 0 Å². The summed E-state index contributed by atoms with van der Waals surface area (Å²) >= 11 is 1.69. The number of hydrogen-bond donors (Lipinski definition) is 0. The Morgan fingerprint density at radius 2 is 1.75 bits per heavy atom. The molecule has 16 heavy (non-hydrogen) atoms. The van der Waals surface area contributed by atoms with Gasteiger partial charge in [-0.2, -0.15) is 0 Å².